The van der Waals surface area contributed by atoms with E-state index in [-0.39, 0.29) is 6.61 Å². The van der Waals surface area contributed by atoms with Crippen LogP contribution in [-0.2, 0) is 14.6 Å². The van der Waals surface area contributed by atoms with Gasteiger partial charge in [-0.1, -0.05) is 11.6 Å². The number of carbonyl (C=O) groups is 1. The maximum absolute atomic E-state index is 10.1. The molecule has 0 saturated carbocycles. The van der Waals surface area contributed by atoms with Gasteiger partial charge in [0.1, 0.15) is 0 Å². The first kappa shape index (κ1) is 7.72. The van der Waals surface area contributed by atoms with E-state index in [9.17, 15) is 9.90 Å². The highest BCUT2D eigenvalue weighted by Gasteiger charge is 2.12. The third-order valence-electron chi connectivity index (χ3n) is 0.472. The summed E-state index contributed by atoms with van der Waals surface area (Å²) < 4.78 is 4.22. The molecule has 0 aliphatic rings. The molecule has 0 bridgehead atoms. The molecule has 0 aliphatic carbocycles. The van der Waals surface area contributed by atoms with Crippen molar-refractivity contribution in [1.29, 1.82) is 0 Å². The van der Waals surface area contributed by atoms with Gasteiger partial charge in [0.2, 0.25) is 0 Å². The number of rotatable bonds is 2. The topological polar surface area (TPSA) is 46.2 Å². The van der Waals surface area contributed by atoms with E-state index in [1.165, 1.54) is 0 Å². The standard InChI is InChI=1S/C4H6ClO3/c1-2-8-4(7)3(5)6/h3H,2H2,1H3. The van der Waals surface area contributed by atoms with Crippen LogP contribution in [0, 0.1) is 0 Å². The molecular weight excluding hydrogens is 131 g/mol. The van der Waals surface area contributed by atoms with Crippen LogP contribution < -0.4 is 0 Å². The van der Waals surface area contributed by atoms with Crippen LogP contribution in [0.15, 0.2) is 0 Å². The van der Waals surface area contributed by atoms with Crippen molar-refractivity contribution >= 4 is 17.6 Å². The summed E-state index contributed by atoms with van der Waals surface area (Å²) in [7, 11) is 0. The third kappa shape index (κ3) is 2.82. The largest absolute Gasteiger partial charge is 0.463 e. The van der Waals surface area contributed by atoms with E-state index in [1.807, 2.05) is 0 Å². The lowest BCUT2D eigenvalue weighted by Crippen LogP contribution is -2.15. The molecule has 0 saturated heterocycles. The van der Waals surface area contributed by atoms with E-state index < -0.39 is 11.5 Å². The summed E-state index contributed by atoms with van der Waals surface area (Å²) in [4.78, 5) is 10.1. The number of carbonyl (C=O) groups excluding carboxylic acids is 1. The van der Waals surface area contributed by atoms with Crippen LogP contribution in [0.5, 0.6) is 0 Å². The average molecular weight is 138 g/mol. The molecular formula is C4H6ClO3. The van der Waals surface area contributed by atoms with E-state index in [0.29, 0.717) is 0 Å². The van der Waals surface area contributed by atoms with Gasteiger partial charge in [0.15, 0.2) is 0 Å². The predicted octanol–water partition coefficient (Wildman–Crippen LogP) is 0.545. The van der Waals surface area contributed by atoms with Gasteiger partial charge in [-0.25, -0.2) is 9.90 Å². The number of hydrogen-bond acceptors (Lipinski definition) is 2. The minimum absolute atomic E-state index is 0.199. The average Bonchev–Trinajstić information content (AvgIpc) is 1.67. The molecule has 8 heavy (non-hydrogen) atoms. The fraction of sp³-hybridized carbons (Fsp3) is 0.750. The van der Waals surface area contributed by atoms with Crippen LogP contribution >= 0.6 is 11.6 Å². The molecule has 0 aromatic heterocycles. The van der Waals surface area contributed by atoms with Crippen LogP contribution in [-0.4, -0.2) is 18.1 Å². The van der Waals surface area contributed by atoms with Crippen molar-refractivity contribution < 1.29 is 14.6 Å². The Kier molecular flexibility index (Phi) is 3.56. The monoisotopic (exact) mass is 137 g/mol. The van der Waals surface area contributed by atoms with E-state index in [4.69, 9.17) is 11.6 Å². The molecule has 0 heterocycles. The molecule has 3 nitrogen and oxygen atoms in total. The Bertz CT molecular complexity index is 81.4. The summed E-state index contributed by atoms with van der Waals surface area (Å²) in [6.45, 7) is 1.81. The number of ether oxygens (including phenoxy) is 1. The van der Waals surface area contributed by atoms with Crippen molar-refractivity contribution in [1.82, 2.24) is 0 Å². The third-order valence-corrected chi connectivity index (χ3v) is 0.650. The number of hydrogen-bond donors (Lipinski definition) is 0. The van der Waals surface area contributed by atoms with Crippen LogP contribution in [0.3, 0.4) is 0 Å². The lowest BCUT2D eigenvalue weighted by Gasteiger charge is -1.97. The molecule has 0 N–H and O–H groups in total. The molecule has 1 radical (unpaired) electrons. The second kappa shape index (κ2) is 3.69. The zero-order chi connectivity index (χ0) is 6.57. The van der Waals surface area contributed by atoms with Gasteiger partial charge in [-0.2, -0.15) is 0 Å². The van der Waals surface area contributed by atoms with Gasteiger partial charge in [-0.3, -0.25) is 0 Å². The second-order valence-electron chi connectivity index (χ2n) is 1.07. The maximum atomic E-state index is 10.1. The lowest BCUT2D eigenvalue weighted by atomic mass is 10.7. The highest BCUT2D eigenvalue weighted by Crippen LogP contribution is 1.92. The molecule has 0 aliphatic heterocycles. The Morgan fingerprint density at radius 3 is 2.50 bits per heavy atom. The van der Waals surface area contributed by atoms with Crippen molar-refractivity contribution in [2.24, 2.45) is 0 Å². The molecule has 0 rings (SSSR count). The van der Waals surface area contributed by atoms with Crippen molar-refractivity contribution in [3.63, 3.8) is 0 Å². The fourth-order valence-corrected chi connectivity index (χ4v) is 0.271. The number of alkyl halides is 1. The van der Waals surface area contributed by atoms with E-state index in [0.717, 1.165) is 0 Å². The summed E-state index contributed by atoms with van der Waals surface area (Å²) >= 11 is 4.78. The second-order valence-corrected chi connectivity index (χ2v) is 1.46. The molecule has 0 amide bonds. The van der Waals surface area contributed by atoms with E-state index in [1.54, 1.807) is 6.92 Å². The molecule has 1 atom stereocenters. The fourth-order valence-electron chi connectivity index (χ4n) is 0.208. The zero-order valence-electron chi connectivity index (χ0n) is 4.39. The van der Waals surface area contributed by atoms with Gasteiger partial charge in [-0.15, -0.1) is 0 Å². The van der Waals surface area contributed by atoms with Gasteiger partial charge < -0.3 is 4.74 Å². The van der Waals surface area contributed by atoms with Gasteiger partial charge in [0, 0.05) is 0 Å². The van der Waals surface area contributed by atoms with Crippen LogP contribution in [0.2, 0.25) is 0 Å². The Labute approximate surface area is 52.2 Å². The first-order chi connectivity index (χ1) is 3.68. The first-order valence-electron chi connectivity index (χ1n) is 2.15. The summed E-state index contributed by atoms with van der Waals surface area (Å²) in [6.07, 6.45) is 0. The van der Waals surface area contributed by atoms with Crippen molar-refractivity contribution in [3.8, 4) is 0 Å². The van der Waals surface area contributed by atoms with Crippen LogP contribution in [0.1, 0.15) is 6.92 Å². The smallest absolute Gasteiger partial charge is 0.354 e. The van der Waals surface area contributed by atoms with Gasteiger partial charge in [-0.05, 0) is 6.92 Å². The molecule has 1 unspecified atom stereocenters. The van der Waals surface area contributed by atoms with Crippen LogP contribution in [0.4, 0.5) is 0 Å². The van der Waals surface area contributed by atoms with Crippen molar-refractivity contribution in [3.05, 3.63) is 0 Å². The molecule has 0 aromatic carbocycles. The first-order valence-corrected chi connectivity index (χ1v) is 2.58. The lowest BCUT2D eigenvalue weighted by molar-refractivity contribution is -0.151. The van der Waals surface area contributed by atoms with Crippen molar-refractivity contribution in [2.45, 2.75) is 12.5 Å². The van der Waals surface area contributed by atoms with Gasteiger partial charge in [0.05, 0.1) is 6.61 Å². The Balaban J connectivity index is 3.33. The zero-order valence-corrected chi connectivity index (χ0v) is 5.14. The van der Waals surface area contributed by atoms with E-state index in [2.05, 4.69) is 4.74 Å². The Morgan fingerprint density at radius 2 is 2.38 bits per heavy atom. The maximum Gasteiger partial charge on any atom is 0.354 e. The van der Waals surface area contributed by atoms with Gasteiger partial charge >= 0.3 is 5.97 Å². The highest BCUT2D eigenvalue weighted by molar-refractivity contribution is 6.28. The van der Waals surface area contributed by atoms with E-state index >= 15 is 0 Å². The van der Waals surface area contributed by atoms with Gasteiger partial charge in [0.25, 0.3) is 5.56 Å². The highest BCUT2D eigenvalue weighted by atomic mass is 35.5. The summed E-state index contributed by atoms with van der Waals surface area (Å²) in [5.74, 6) is -0.908. The molecule has 0 fully saturated rings. The predicted molar refractivity (Wildman–Crippen MR) is 27.0 cm³/mol. The molecule has 0 spiro atoms. The Morgan fingerprint density at radius 1 is 1.88 bits per heavy atom. The molecule has 0 aromatic rings. The summed E-state index contributed by atoms with van der Waals surface area (Å²) in [5.41, 5.74) is -1.77. The normalized spacial score (nSPS) is 12.9. The molecule has 4 heteroatoms. The number of halogens is 1. The minimum atomic E-state index is -1.77. The van der Waals surface area contributed by atoms with Crippen molar-refractivity contribution in [2.75, 3.05) is 6.61 Å². The summed E-state index contributed by atoms with van der Waals surface area (Å²) in [5, 5.41) is 9.91. The summed E-state index contributed by atoms with van der Waals surface area (Å²) in [6, 6.07) is 0. The Hall–Kier alpha value is -0.280. The molecule has 47 valence electrons. The SMILES string of the molecule is CCOC(=O)C([O])Cl. The number of esters is 1. The van der Waals surface area contributed by atoms with Crippen LogP contribution in [0.25, 0.3) is 0 Å². The quantitative estimate of drug-likeness (QED) is 0.412. The minimum Gasteiger partial charge on any atom is -0.463 e.